The quantitative estimate of drug-likeness (QED) is 0.624. The molecule has 0 saturated carbocycles. The fraction of sp³-hybridized carbons (Fsp3) is 0.125. The van der Waals surface area contributed by atoms with E-state index in [0.29, 0.717) is 22.5 Å². The zero-order valence-electron chi connectivity index (χ0n) is 11.4. The van der Waals surface area contributed by atoms with E-state index in [-0.39, 0.29) is 24.8 Å². The fourth-order valence-electron chi connectivity index (χ4n) is 1.74. The topological polar surface area (TPSA) is 95.4 Å². The van der Waals surface area contributed by atoms with E-state index in [0.717, 1.165) is 0 Å². The first kappa shape index (κ1) is 14.7. The number of ketones is 2. The highest BCUT2D eigenvalue weighted by Crippen LogP contribution is 2.08. The second-order valence-corrected chi connectivity index (χ2v) is 4.58. The van der Waals surface area contributed by atoms with Crippen molar-refractivity contribution in [2.24, 2.45) is 0 Å². The molecule has 0 unspecified atom stereocenters. The molecule has 0 aromatic heterocycles. The molecule has 0 aliphatic heterocycles. The van der Waals surface area contributed by atoms with Crippen LogP contribution in [0, 0.1) is 0 Å². The number of nitrogen functional groups attached to an aromatic ring is 2. The maximum atomic E-state index is 11.8. The van der Waals surface area contributed by atoms with Crippen molar-refractivity contribution in [3.8, 4) is 0 Å². The second-order valence-electron chi connectivity index (χ2n) is 4.58. The van der Waals surface area contributed by atoms with Crippen LogP contribution in [-0.2, 0) is 4.74 Å². The molecule has 108 valence electrons. The van der Waals surface area contributed by atoms with E-state index in [4.69, 9.17) is 16.2 Å². The van der Waals surface area contributed by atoms with Crippen molar-refractivity contribution in [1.29, 1.82) is 0 Å². The van der Waals surface area contributed by atoms with Gasteiger partial charge in [-0.1, -0.05) is 0 Å². The molecule has 0 spiro atoms. The van der Waals surface area contributed by atoms with Gasteiger partial charge >= 0.3 is 0 Å². The van der Waals surface area contributed by atoms with Crippen LogP contribution in [0.2, 0.25) is 0 Å². The van der Waals surface area contributed by atoms with E-state index >= 15 is 0 Å². The Kier molecular flexibility index (Phi) is 4.68. The SMILES string of the molecule is Nc1ccc(C(=O)COCC(=O)c2ccc(N)cc2)cc1. The van der Waals surface area contributed by atoms with Gasteiger partial charge < -0.3 is 16.2 Å². The van der Waals surface area contributed by atoms with E-state index in [2.05, 4.69) is 0 Å². The van der Waals surface area contributed by atoms with Crippen LogP contribution in [0.5, 0.6) is 0 Å². The van der Waals surface area contributed by atoms with Crippen molar-refractivity contribution in [1.82, 2.24) is 0 Å². The lowest BCUT2D eigenvalue weighted by Gasteiger charge is -2.04. The third kappa shape index (κ3) is 4.15. The van der Waals surface area contributed by atoms with Gasteiger partial charge in [0.1, 0.15) is 13.2 Å². The Morgan fingerprint density at radius 1 is 0.714 bits per heavy atom. The van der Waals surface area contributed by atoms with Gasteiger partial charge in [-0.05, 0) is 48.5 Å². The molecule has 0 fully saturated rings. The first-order valence-electron chi connectivity index (χ1n) is 6.41. The zero-order chi connectivity index (χ0) is 15.2. The van der Waals surface area contributed by atoms with Crippen molar-refractivity contribution in [2.45, 2.75) is 0 Å². The average molecular weight is 284 g/mol. The normalized spacial score (nSPS) is 10.3. The molecule has 0 aliphatic rings. The molecule has 0 amide bonds. The average Bonchev–Trinajstić information content (AvgIpc) is 2.48. The number of hydrogen-bond donors (Lipinski definition) is 2. The van der Waals surface area contributed by atoms with Crippen LogP contribution in [0.15, 0.2) is 48.5 Å². The monoisotopic (exact) mass is 284 g/mol. The molecule has 0 bridgehead atoms. The predicted molar refractivity (Wildman–Crippen MR) is 81.2 cm³/mol. The Hall–Kier alpha value is -2.66. The van der Waals surface area contributed by atoms with Crippen LogP contribution in [0.1, 0.15) is 20.7 Å². The number of rotatable bonds is 6. The van der Waals surface area contributed by atoms with Gasteiger partial charge in [-0.2, -0.15) is 0 Å². The number of nitrogens with two attached hydrogens (primary N) is 2. The predicted octanol–water partition coefficient (Wildman–Crippen LogP) is 1.93. The Labute approximate surface area is 122 Å². The van der Waals surface area contributed by atoms with E-state index in [1.165, 1.54) is 0 Å². The Morgan fingerprint density at radius 3 is 1.38 bits per heavy atom. The Morgan fingerprint density at radius 2 is 1.05 bits per heavy atom. The standard InChI is InChI=1S/C16H16N2O3/c17-13-5-1-11(2-6-13)15(19)9-21-10-16(20)12-3-7-14(18)8-4-12/h1-8H,9-10,17-18H2. The molecule has 0 aliphatic carbocycles. The molecule has 4 N–H and O–H groups in total. The van der Waals surface area contributed by atoms with Gasteiger partial charge in [0.05, 0.1) is 0 Å². The summed E-state index contributed by atoms with van der Waals surface area (Å²) in [5.74, 6) is -0.389. The number of carbonyl (C=O) groups is 2. The minimum atomic E-state index is -0.194. The summed E-state index contributed by atoms with van der Waals surface area (Å²) in [6.07, 6.45) is 0. The van der Waals surface area contributed by atoms with Gasteiger partial charge in [-0.3, -0.25) is 9.59 Å². The summed E-state index contributed by atoms with van der Waals surface area (Å²) in [5.41, 5.74) is 13.3. The van der Waals surface area contributed by atoms with Gasteiger partial charge in [-0.15, -0.1) is 0 Å². The van der Waals surface area contributed by atoms with E-state index in [1.54, 1.807) is 48.5 Å². The Bertz CT molecular complexity index is 576. The maximum Gasteiger partial charge on any atom is 0.188 e. The molecule has 2 aromatic carbocycles. The molecular formula is C16H16N2O3. The highest BCUT2D eigenvalue weighted by atomic mass is 16.5. The van der Waals surface area contributed by atoms with Crippen LogP contribution in [-0.4, -0.2) is 24.8 Å². The summed E-state index contributed by atoms with van der Waals surface area (Å²) in [6, 6.07) is 13.1. The zero-order valence-corrected chi connectivity index (χ0v) is 11.4. The van der Waals surface area contributed by atoms with Crippen molar-refractivity contribution < 1.29 is 14.3 Å². The first-order valence-corrected chi connectivity index (χ1v) is 6.41. The largest absolute Gasteiger partial charge is 0.399 e. The van der Waals surface area contributed by atoms with Gasteiger partial charge in [0.15, 0.2) is 11.6 Å². The van der Waals surface area contributed by atoms with Gasteiger partial charge in [0.25, 0.3) is 0 Å². The highest BCUT2D eigenvalue weighted by Gasteiger charge is 2.09. The van der Waals surface area contributed by atoms with Crippen LogP contribution >= 0.6 is 0 Å². The summed E-state index contributed by atoms with van der Waals surface area (Å²) < 4.78 is 5.16. The molecule has 5 nitrogen and oxygen atoms in total. The number of anilines is 2. The summed E-state index contributed by atoms with van der Waals surface area (Å²) in [7, 11) is 0. The molecule has 21 heavy (non-hydrogen) atoms. The second kappa shape index (κ2) is 6.67. The molecule has 0 atom stereocenters. The van der Waals surface area contributed by atoms with Crippen LogP contribution in [0.3, 0.4) is 0 Å². The minimum absolute atomic E-state index is 0.148. The third-order valence-electron chi connectivity index (χ3n) is 2.93. The van der Waals surface area contributed by atoms with Gasteiger partial charge in [0, 0.05) is 22.5 Å². The molecule has 0 radical (unpaired) electrons. The molecule has 0 heterocycles. The maximum absolute atomic E-state index is 11.8. The minimum Gasteiger partial charge on any atom is -0.399 e. The van der Waals surface area contributed by atoms with Crippen LogP contribution < -0.4 is 11.5 Å². The van der Waals surface area contributed by atoms with Crippen molar-refractivity contribution >= 4 is 22.9 Å². The van der Waals surface area contributed by atoms with Crippen molar-refractivity contribution in [3.63, 3.8) is 0 Å². The summed E-state index contributed by atoms with van der Waals surface area (Å²) >= 11 is 0. The third-order valence-corrected chi connectivity index (χ3v) is 2.93. The number of benzene rings is 2. The van der Waals surface area contributed by atoms with Crippen LogP contribution in [0.25, 0.3) is 0 Å². The van der Waals surface area contributed by atoms with E-state index in [9.17, 15) is 9.59 Å². The number of hydrogen-bond acceptors (Lipinski definition) is 5. The summed E-state index contributed by atoms with van der Waals surface area (Å²) in [6.45, 7) is -0.296. The lowest BCUT2D eigenvalue weighted by Crippen LogP contribution is -2.15. The number of carbonyl (C=O) groups excluding carboxylic acids is 2. The highest BCUT2D eigenvalue weighted by molar-refractivity contribution is 5.99. The molecule has 2 aromatic rings. The molecular weight excluding hydrogens is 268 g/mol. The lowest BCUT2D eigenvalue weighted by atomic mass is 10.1. The van der Waals surface area contributed by atoms with E-state index in [1.807, 2.05) is 0 Å². The smallest absolute Gasteiger partial charge is 0.188 e. The Balaban J connectivity index is 1.83. The van der Waals surface area contributed by atoms with E-state index < -0.39 is 0 Å². The lowest BCUT2D eigenvalue weighted by molar-refractivity contribution is 0.0672. The number of Topliss-reactive ketones (excluding diaryl/α,β-unsaturated/α-hetero) is 2. The van der Waals surface area contributed by atoms with Crippen LogP contribution in [0.4, 0.5) is 11.4 Å². The fourth-order valence-corrected chi connectivity index (χ4v) is 1.74. The first-order chi connectivity index (χ1) is 10.1. The van der Waals surface area contributed by atoms with Gasteiger partial charge in [-0.25, -0.2) is 0 Å². The number of ether oxygens (including phenoxy) is 1. The summed E-state index contributed by atoms with van der Waals surface area (Å²) in [5, 5.41) is 0. The van der Waals surface area contributed by atoms with Crippen molar-refractivity contribution in [2.75, 3.05) is 24.7 Å². The van der Waals surface area contributed by atoms with Crippen molar-refractivity contribution in [3.05, 3.63) is 59.7 Å². The molecule has 2 rings (SSSR count). The summed E-state index contributed by atoms with van der Waals surface area (Å²) in [4.78, 5) is 23.6. The van der Waals surface area contributed by atoms with Gasteiger partial charge in [0.2, 0.25) is 0 Å². The molecule has 5 heteroatoms. The molecule has 0 saturated heterocycles.